The van der Waals surface area contributed by atoms with Gasteiger partial charge in [-0.3, -0.25) is 4.79 Å². The minimum absolute atomic E-state index is 0.302. The van der Waals surface area contributed by atoms with E-state index in [0.717, 1.165) is 19.3 Å². The maximum atomic E-state index is 10.1. The van der Waals surface area contributed by atoms with Gasteiger partial charge in [0.05, 0.1) is 6.42 Å². The number of rotatable bonds is 4. The van der Waals surface area contributed by atoms with E-state index in [4.69, 9.17) is 10.2 Å². The summed E-state index contributed by atoms with van der Waals surface area (Å²) in [5.74, 6) is 0.300. The fourth-order valence-electron chi connectivity index (χ4n) is 2.19. The molecule has 2 unspecified atom stereocenters. The molecule has 0 heterocycles. The van der Waals surface area contributed by atoms with E-state index in [0.29, 0.717) is 24.9 Å². The molecule has 0 aliphatic heterocycles. The first-order valence-electron chi connectivity index (χ1n) is 6.38. The Hall–Kier alpha value is -1.09. The molecule has 2 rings (SSSR count). The molecular weight excluding hydrogens is 216 g/mol. The van der Waals surface area contributed by atoms with Gasteiger partial charge < -0.3 is 10.2 Å². The minimum Gasteiger partial charge on any atom is -0.481 e. The lowest BCUT2D eigenvalue weighted by atomic mass is 10.1. The number of carboxylic acids is 1. The Bertz CT molecular complexity index is 281. The monoisotopic (exact) mass is 238 g/mol. The van der Waals surface area contributed by atoms with Crippen molar-refractivity contribution in [1.29, 1.82) is 0 Å². The van der Waals surface area contributed by atoms with Crippen LogP contribution in [0.3, 0.4) is 0 Å². The molecule has 96 valence electrons. The van der Waals surface area contributed by atoms with E-state index in [1.807, 2.05) is 12.2 Å². The zero-order chi connectivity index (χ0) is 12.5. The van der Waals surface area contributed by atoms with Crippen LogP contribution in [0.4, 0.5) is 0 Å². The minimum atomic E-state index is -0.688. The summed E-state index contributed by atoms with van der Waals surface area (Å²) in [5, 5.41) is 16.8. The maximum absolute atomic E-state index is 10.1. The summed E-state index contributed by atoms with van der Waals surface area (Å²) in [6, 6.07) is 0. The molecule has 0 aromatic carbocycles. The lowest BCUT2D eigenvalue weighted by Crippen LogP contribution is -2.01. The predicted octanol–water partition coefficient (Wildman–Crippen LogP) is 2.76. The van der Waals surface area contributed by atoms with Gasteiger partial charge in [0.1, 0.15) is 0 Å². The molecule has 2 aliphatic carbocycles. The first-order valence-corrected chi connectivity index (χ1v) is 6.38. The number of hydrogen-bond acceptors (Lipinski definition) is 2. The fourth-order valence-corrected chi connectivity index (χ4v) is 2.19. The molecule has 0 spiro atoms. The Kier molecular flexibility index (Phi) is 6.63. The van der Waals surface area contributed by atoms with Crippen molar-refractivity contribution >= 4 is 5.97 Å². The van der Waals surface area contributed by atoms with Crippen LogP contribution in [0, 0.1) is 11.8 Å². The van der Waals surface area contributed by atoms with Gasteiger partial charge in [-0.1, -0.05) is 24.3 Å². The molecule has 0 saturated carbocycles. The van der Waals surface area contributed by atoms with Crippen molar-refractivity contribution in [1.82, 2.24) is 0 Å². The van der Waals surface area contributed by atoms with Gasteiger partial charge >= 0.3 is 5.97 Å². The average molecular weight is 238 g/mol. The molecule has 2 N–H and O–H groups in total. The van der Waals surface area contributed by atoms with Crippen LogP contribution >= 0.6 is 0 Å². The molecule has 0 radical (unpaired) electrons. The lowest BCUT2D eigenvalue weighted by Gasteiger charge is -2.01. The number of carboxylic acid groups (broad SMARTS) is 1. The van der Waals surface area contributed by atoms with E-state index in [-0.39, 0.29) is 0 Å². The first-order chi connectivity index (χ1) is 8.22. The third-order valence-electron chi connectivity index (χ3n) is 3.16. The van der Waals surface area contributed by atoms with Crippen LogP contribution in [0.5, 0.6) is 0 Å². The highest BCUT2D eigenvalue weighted by Crippen LogP contribution is 2.20. The van der Waals surface area contributed by atoms with Gasteiger partial charge in [-0.2, -0.15) is 0 Å². The van der Waals surface area contributed by atoms with Crippen LogP contribution in [-0.4, -0.2) is 22.8 Å². The van der Waals surface area contributed by atoms with Crippen LogP contribution in [0.1, 0.15) is 38.5 Å². The molecule has 0 fully saturated rings. The number of hydrogen-bond donors (Lipinski definition) is 2. The molecular formula is C14H22O3. The van der Waals surface area contributed by atoms with Crippen molar-refractivity contribution in [2.75, 3.05) is 6.61 Å². The SMILES string of the molecule is O=C(O)CC1C=CCC1.OCCC1C=CCC1. The third-order valence-corrected chi connectivity index (χ3v) is 3.16. The molecule has 3 heteroatoms. The average Bonchev–Trinajstić information content (AvgIpc) is 2.91. The van der Waals surface area contributed by atoms with Crippen LogP contribution in [-0.2, 0) is 4.79 Å². The largest absolute Gasteiger partial charge is 0.481 e. The van der Waals surface area contributed by atoms with Gasteiger partial charge in [0.2, 0.25) is 0 Å². The van der Waals surface area contributed by atoms with Gasteiger partial charge in [-0.05, 0) is 43.9 Å². The Morgan fingerprint density at radius 3 is 2.12 bits per heavy atom. The summed E-state index contributed by atoms with van der Waals surface area (Å²) >= 11 is 0. The normalized spacial score (nSPS) is 25.7. The van der Waals surface area contributed by atoms with E-state index < -0.39 is 5.97 Å². The van der Waals surface area contributed by atoms with Crippen molar-refractivity contribution in [2.45, 2.75) is 38.5 Å². The summed E-state index contributed by atoms with van der Waals surface area (Å²) in [6.45, 7) is 0.342. The van der Waals surface area contributed by atoms with Crippen LogP contribution < -0.4 is 0 Å². The van der Waals surface area contributed by atoms with E-state index in [1.165, 1.54) is 12.8 Å². The van der Waals surface area contributed by atoms with Crippen LogP contribution in [0.15, 0.2) is 24.3 Å². The van der Waals surface area contributed by atoms with E-state index in [2.05, 4.69) is 12.2 Å². The highest BCUT2D eigenvalue weighted by Gasteiger charge is 2.12. The van der Waals surface area contributed by atoms with Crippen LogP contribution in [0.2, 0.25) is 0 Å². The smallest absolute Gasteiger partial charge is 0.303 e. The fraction of sp³-hybridized carbons (Fsp3) is 0.643. The molecule has 2 atom stereocenters. The zero-order valence-electron chi connectivity index (χ0n) is 10.2. The van der Waals surface area contributed by atoms with Crippen molar-refractivity contribution in [3.05, 3.63) is 24.3 Å². The first kappa shape index (κ1) is 14.0. The van der Waals surface area contributed by atoms with Crippen LogP contribution in [0.25, 0.3) is 0 Å². The van der Waals surface area contributed by atoms with Crippen molar-refractivity contribution in [3.8, 4) is 0 Å². The summed E-state index contributed by atoms with van der Waals surface area (Å²) in [5.41, 5.74) is 0. The van der Waals surface area contributed by atoms with E-state index >= 15 is 0 Å². The van der Waals surface area contributed by atoms with Gasteiger partial charge in [-0.15, -0.1) is 0 Å². The van der Waals surface area contributed by atoms with E-state index in [1.54, 1.807) is 0 Å². The number of aliphatic hydroxyl groups is 1. The second kappa shape index (κ2) is 8.07. The standard InChI is InChI=1S/C7H10O2.C7H12O/c8-7(9)5-6-3-1-2-4-6;8-6-5-7-3-1-2-4-7/h1,3,6H,2,4-5H2,(H,8,9);1,3,7-8H,2,4-6H2. The number of aliphatic hydroxyl groups excluding tert-OH is 1. The summed E-state index contributed by atoms with van der Waals surface area (Å²) in [4.78, 5) is 10.1. The molecule has 0 bridgehead atoms. The summed E-state index contributed by atoms with van der Waals surface area (Å²) < 4.78 is 0. The van der Waals surface area contributed by atoms with Gasteiger partial charge in [0.25, 0.3) is 0 Å². The Labute approximate surface area is 103 Å². The lowest BCUT2D eigenvalue weighted by molar-refractivity contribution is -0.137. The zero-order valence-corrected chi connectivity index (χ0v) is 10.2. The van der Waals surface area contributed by atoms with E-state index in [9.17, 15) is 4.79 Å². The molecule has 0 aromatic heterocycles. The Morgan fingerprint density at radius 2 is 1.71 bits per heavy atom. The van der Waals surface area contributed by atoms with Crippen molar-refractivity contribution in [2.24, 2.45) is 11.8 Å². The number of carbonyl (C=O) groups is 1. The van der Waals surface area contributed by atoms with Crippen molar-refractivity contribution < 1.29 is 15.0 Å². The second-order valence-corrected chi connectivity index (χ2v) is 4.64. The second-order valence-electron chi connectivity index (χ2n) is 4.64. The predicted molar refractivity (Wildman–Crippen MR) is 67.7 cm³/mol. The quantitative estimate of drug-likeness (QED) is 0.740. The molecule has 17 heavy (non-hydrogen) atoms. The summed E-state index contributed by atoms with van der Waals surface area (Å²) in [6.07, 6.45) is 14.2. The maximum Gasteiger partial charge on any atom is 0.303 e. The molecule has 2 aliphatic rings. The topological polar surface area (TPSA) is 57.5 Å². The Balaban J connectivity index is 0.000000171. The van der Waals surface area contributed by atoms with Gasteiger partial charge in [0.15, 0.2) is 0 Å². The molecule has 0 aromatic rings. The molecule has 3 nitrogen and oxygen atoms in total. The summed E-state index contributed by atoms with van der Waals surface area (Å²) in [7, 11) is 0. The van der Waals surface area contributed by atoms with Gasteiger partial charge in [-0.25, -0.2) is 0 Å². The Morgan fingerprint density at radius 1 is 1.12 bits per heavy atom. The molecule has 0 amide bonds. The third kappa shape index (κ3) is 6.27. The van der Waals surface area contributed by atoms with Crippen molar-refractivity contribution in [3.63, 3.8) is 0 Å². The number of aliphatic carboxylic acids is 1. The molecule has 0 saturated heterocycles. The van der Waals surface area contributed by atoms with Gasteiger partial charge in [0, 0.05) is 6.61 Å². The highest BCUT2D eigenvalue weighted by atomic mass is 16.4. The highest BCUT2D eigenvalue weighted by molar-refractivity contribution is 5.67. The number of allylic oxidation sites excluding steroid dienone is 4.